The third kappa shape index (κ3) is 5.33. The first-order chi connectivity index (χ1) is 14.3. The van der Waals surface area contributed by atoms with Gasteiger partial charge in [-0.15, -0.1) is 0 Å². The van der Waals surface area contributed by atoms with Crippen LogP contribution >= 0.6 is 0 Å². The summed E-state index contributed by atoms with van der Waals surface area (Å²) in [6.45, 7) is 3.09. The van der Waals surface area contributed by atoms with E-state index in [4.69, 9.17) is 0 Å². The summed E-state index contributed by atoms with van der Waals surface area (Å²) in [7, 11) is 0. The van der Waals surface area contributed by atoms with Crippen molar-refractivity contribution in [1.82, 2.24) is 9.97 Å². The number of piperidine rings is 1. The maximum absolute atomic E-state index is 9.29. The average molecular weight is 389 g/mol. The second-order valence-electron chi connectivity index (χ2n) is 7.65. The van der Waals surface area contributed by atoms with E-state index in [-0.39, 0.29) is 0 Å². The summed E-state index contributed by atoms with van der Waals surface area (Å²) in [6.07, 6.45) is 4.68. The van der Waals surface area contributed by atoms with Gasteiger partial charge < -0.3 is 15.3 Å². The van der Waals surface area contributed by atoms with E-state index in [1.807, 2.05) is 30.5 Å². The molecule has 1 saturated heterocycles. The molecular weight excluding hydrogens is 360 g/mol. The minimum Gasteiger partial charge on any atom is -0.396 e. The van der Waals surface area contributed by atoms with Crippen molar-refractivity contribution < 1.29 is 5.11 Å². The van der Waals surface area contributed by atoms with Crippen LogP contribution in [0.25, 0.3) is 0 Å². The molecule has 0 spiro atoms. The normalized spacial score (nSPS) is 14.7. The minimum atomic E-state index is 0.314. The Labute approximate surface area is 172 Å². The van der Waals surface area contributed by atoms with Gasteiger partial charge in [-0.05, 0) is 48.1 Å². The molecule has 3 aromatic rings. The monoisotopic (exact) mass is 388 g/mol. The largest absolute Gasteiger partial charge is 0.396 e. The number of aliphatic hydroxyl groups is 1. The molecule has 1 aliphatic rings. The van der Waals surface area contributed by atoms with Crippen LogP contribution in [-0.4, -0.2) is 34.8 Å². The second-order valence-corrected chi connectivity index (χ2v) is 7.65. The molecule has 0 atom stereocenters. The first-order valence-corrected chi connectivity index (χ1v) is 10.3. The predicted octanol–water partition coefficient (Wildman–Crippen LogP) is 3.89. The van der Waals surface area contributed by atoms with Crippen LogP contribution in [0.3, 0.4) is 0 Å². The molecule has 0 aliphatic carbocycles. The molecule has 2 aromatic carbocycles. The van der Waals surface area contributed by atoms with E-state index >= 15 is 0 Å². The SMILES string of the molecule is OCC1CCN(c2ccc(CNc3ccnc(Cc4ccccc4)n3)cc2)CC1. The minimum absolute atomic E-state index is 0.314. The van der Waals surface area contributed by atoms with Gasteiger partial charge in [0.15, 0.2) is 0 Å². The molecule has 0 saturated carbocycles. The number of hydrogen-bond donors (Lipinski definition) is 2. The van der Waals surface area contributed by atoms with Crippen LogP contribution in [0.5, 0.6) is 0 Å². The van der Waals surface area contributed by atoms with Crippen LogP contribution in [0.2, 0.25) is 0 Å². The number of nitrogens with one attached hydrogen (secondary N) is 1. The van der Waals surface area contributed by atoms with Gasteiger partial charge in [0.1, 0.15) is 11.6 Å². The van der Waals surface area contributed by atoms with E-state index in [1.165, 1.54) is 16.8 Å². The maximum Gasteiger partial charge on any atom is 0.135 e. The fourth-order valence-corrected chi connectivity index (χ4v) is 3.75. The number of hydrogen-bond acceptors (Lipinski definition) is 5. The first-order valence-electron chi connectivity index (χ1n) is 10.3. The zero-order chi connectivity index (χ0) is 19.9. The lowest BCUT2D eigenvalue weighted by atomic mass is 9.97. The Morgan fingerprint density at radius 3 is 2.41 bits per heavy atom. The van der Waals surface area contributed by atoms with Gasteiger partial charge in [0, 0.05) is 44.5 Å². The molecule has 2 heterocycles. The number of aliphatic hydroxyl groups excluding tert-OH is 1. The number of rotatable bonds is 7. The third-order valence-corrected chi connectivity index (χ3v) is 5.56. The molecule has 0 bridgehead atoms. The highest BCUT2D eigenvalue weighted by molar-refractivity contribution is 5.48. The summed E-state index contributed by atoms with van der Waals surface area (Å²) in [6, 6.07) is 20.9. The van der Waals surface area contributed by atoms with E-state index in [1.54, 1.807) is 0 Å². The van der Waals surface area contributed by atoms with Crippen molar-refractivity contribution in [3.63, 3.8) is 0 Å². The Hall–Kier alpha value is -2.92. The van der Waals surface area contributed by atoms with E-state index < -0.39 is 0 Å². The van der Waals surface area contributed by atoms with Crippen molar-refractivity contribution in [2.75, 3.05) is 29.9 Å². The lowest BCUT2D eigenvalue weighted by Crippen LogP contribution is -2.34. The van der Waals surface area contributed by atoms with Gasteiger partial charge in [-0.2, -0.15) is 0 Å². The van der Waals surface area contributed by atoms with Crippen molar-refractivity contribution in [2.45, 2.75) is 25.8 Å². The van der Waals surface area contributed by atoms with Gasteiger partial charge in [-0.1, -0.05) is 42.5 Å². The standard InChI is InChI=1S/C24H28N4O/c29-18-21-11-14-28(15-12-21)22-8-6-20(7-9-22)17-26-23-10-13-25-24(27-23)16-19-4-2-1-3-5-19/h1-10,13,21,29H,11-12,14-18H2,(H,25,26,27). The molecule has 1 aromatic heterocycles. The van der Waals surface area contributed by atoms with Gasteiger partial charge in [0.2, 0.25) is 0 Å². The Kier molecular flexibility index (Phi) is 6.37. The Morgan fingerprint density at radius 2 is 1.69 bits per heavy atom. The zero-order valence-electron chi connectivity index (χ0n) is 16.7. The van der Waals surface area contributed by atoms with E-state index in [0.29, 0.717) is 12.5 Å². The second kappa shape index (κ2) is 9.52. The Bertz CT molecular complexity index is 890. The first kappa shape index (κ1) is 19.4. The van der Waals surface area contributed by atoms with Gasteiger partial charge in [0.05, 0.1) is 0 Å². The summed E-state index contributed by atoms with van der Waals surface area (Å²) >= 11 is 0. The molecular formula is C24H28N4O. The number of aromatic nitrogens is 2. The van der Waals surface area contributed by atoms with Crippen molar-refractivity contribution in [3.8, 4) is 0 Å². The number of benzene rings is 2. The number of anilines is 2. The van der Waals surface area contributed by atoms with E-state index in [9.17, 15) is 5.11 Å². The van der Waals surface area contributed by atoms with Crippen LogP contribution < -0.4 is 10.2 Å². The predicted molar refractivity (Wildman–Crippen MR) is 117 cm³/mol. The average Bonchev–Trinajstić information content (AvgIpc) is 2.79. The smallest absolute Gasteiger partial charge is 0.135 e. The molecule has 4 rings (SSSR count). The maximum atomic E-state index is 9.29. The lowest BCUT2D eigenvalue weighted by molar-refractivity contribution is 0.203. The molecule has 0 unspecified atom stereocenters. The fourth-order valence-electron chi connectivity index (χ4n) is 3.75. The van der Waals surface area contributed by atoms with E-state index in [0.717, 1.165) is 50.5 Å². The molecule has 5 heteroatoms. The molecule has 2 N–H and O–H groups in total. The van der Waals surface area contributed by atoms with Crippen LogP contribution in [0.15, 0.2) is 66.9 Å². The highest BCUT2D eigenvalue weighted by Gasteiger charge is 2.18. The van der Waals surface area contributed by atoms with Gasteiger partial charge in [0.25, 0.3) is 0 Å². The topological polar surface area (TPSA) is 61.3 Å². The highest BCUT2D eigenvalue weighted by Crippen LogP contribution is 2.23. The van der Waals surface area contributed by atoms with Crippen LogP contribution in [0.4, 0.5) is 11.5 Å². The zero-order valence-corrected chi connectivity index (χ0v) is 16.7. The molecule has 5 nitrogen and oxygen atoms in total. The third-order valence-electron chi connectivity index (χ3n) is 5.56. The summed E-state index contributed by atoms with van der Waals surface area (Å²) in [5.41, 5.74) is 3.70. The van der Waals surface area contributed by atoms with Crippen molar-refractivity contribution >= 4 is 11.5 Å². The van der Waals surface area contributed by atoms with Crippen LogP contribution in [0, 0.1) is 5.92 Å². The Balaban J connectivity index is 1.32. The molecule has 29 heavy (non-hydrogen) atoms. The van der Waals surface area contributed by atoms with Crippen molar-refractivity contribution in [1.29, 1.82) is 0 Å². The summed E-state index contributed by atoms with van der Waals surface area (Å²) in [4.78, 5) is 11.4. The molecule has 0 amide bonds. The summed E-state index contributed by atoms with van der Waals surface area (Å²) < 4.78 is 0. The van der Waals surface area contributed by atoms with Crippen LogP contribution in [0.1, 0.15) is 29.8 Å². The van der Waals surface area contributed by atoms with Crippen molar-refractivity contribution in [3.05, 3.63) is 83.8 Å². The molecule has 150 valence electrons. The summed E-state index contributed by atoms with van der Waals surface area (Å²) in [5.74, 6) is 2.14. The molecule has 0 radical (unpaired) electrons. The number of nitrogens with zero attached hydrogens (tertiary/aromatic N) is 3. The van der Waals surface area contributed by atoms with Crippen molar-refractivity contribution in [2.24, 2.45) is 5.92 Å². The Morgan fingerprint density at radius 1 is 0.931 bits per heavy atom. The fraction of sp³-hybridized carbons (Fsp3) is 0.333. The van der Waals surface area contributed by atoms with E-state index in [2.05, 4.69) is 56.6 Å². The van der Waals surface area contributed by atoms with Gasteiger partial charge in [-0.3, -0.25) is 0 Å². The van der Waals surface area contributed by atoms with Gasteiger partial charge >= 0.3 is 0 Å². The van der Waals surface area contributed by atoms with Gasteiger partial charge in [-0.25, -0.2) is 9.97 Å². The highest BCUT2D eigenvalue weighted by atomic mass is 16.3. The summed E-state index contributed by atoms with van der Waals surface area (Å²) in [5, 5.41) is 12.7. The molecule has 1 aliphatic heterocycles. The lowest BCUT2D eigenvalue weighted by Gasteiger charge is -2.33. The van der Waals surface area contributed by atoms with Crippen LogP contribution in [-0.2, 0) is 13.0 Å². The quantitative estimate of drug-likeness (QED) is 0.643. The molecule has 1 fully saturated rings.